The van der Waals surface area contributed by atoms with Gasteiger partial charge in [0.25, 0.3) is 5.56 Å². The summed E-state index contributed by atoms with van der Waals surface area (Å²) in [5.74, 6) is -0.289. The van der Waals surface area contributed by atoms with Gasteiger partial charge in [0.05, 0.1) is 5.39 Å². The highest BCUT2D eigenvalue weighted by molar-refractivity contribution is 7.21. The zero-order valence-corrected chi connectivity index (χ0v) is 16.0. The molecule has 0 aliphatic heterocycles. The van der Waals surface area contributed by atoms with Gasteiger partial charge in [-0.05, 0) is 30.2 Å². The summed E-state index contributed by atoms with van der Waals surface area (Å²) in [7, 11) is 0. The lowest BCUT2D eigenvalue weighted by atomic mass is 10.2. The zero-order valence-electron chi connectivity index (χ0n) is 15.2. The van der Waals surface area contributed by atoms with Crippen LogP contribution >= 0.6 is 11.3 Å². The third kappa shape index (κ3) is 3.44. The van der Waals surface area contributed by atoms with Gasteiger partial charge in [0.15, 0.2) is 4.83 Å². The molecule has 0 radical (unpaired) electrons. The minimum absolute atomic E-state index is 0.289. The molecule has 0 aliphatic rings. The molecular formula is C21H18N4O2S. The number of para-hydroxylation sites is 1. The molecule has 0 saturated carbocycles. The standard InChI is InChI=1S/C21H18N4O2S/c1-2-17(19(26)22-15-11-7-4-8-12-15)25-21(27)16-13-18(28-20(16)23-24-25)14-9-5-3-6-10-14/h3-13,17H,2H2,1H3,(H,22,26). The van der Waals surface area contributed by atoms with E-state index in [0.29, 0.717) is 22.3 Å². The predicted octanol–water partition coefficient (Wildman–Crippen LogP) is 4.11. The number of carbonyl (C=O) groups excluding carboxylic acids is 1. The molecule has 1 atom stereocenters. The quantitative estimate of drug-likeness (QED) is 0.556. The van der Waals surface area contributed by atoms with Crippen LogP contribution in [-0.2, 0) is 4.79 Å². The molecular weight excluding hydrogens is 372 g/mol. The first-order valence-corrected chi connectivity index (χ1v) is 9.79. The molecule has 2 heterocycles. The van der Waals surface area contributed by atoms with Crippen LogP contribution in [0.25, 0.3) is 20.7 Å². The van der Waals surface area contributed by atoms with E-state index in [4.69, 9.17) is 0 Å². The first-order valence-electron chi connectivity index (χ1n) is 8.97. The molecule has 0 fully saturated rings. The third-order valence-corrected chi connectivity index (χ3v) is 5.54. The van der Waals surface area contributed by atoms with Crippen LogP contribution in [0.4, 0.5) is 5.69 Å². The summed E-state index contributed by atoms with van der Waals surface area (Å²) in [6, 6.07) is 20.1. The molecule has 28 heavy (non-hydrogen) atoms. The molecule has 2 aromatic heterocycles. The van der Waals surface area contributed by atoms with Gasteiger partial charge in [0.1, 0.15) is 6.04 Å². The van der Waals surface area contributed by atoms with Gasteiger partial charge in [-0.2, -0.15) is 4.68 Å². The SMILES string of the molecule is CCC(C(=O)Nc1ccccc1)n1nnc2sc(-c3ccccc3)cc2c1=O. The van der Waals surface area contributed by atoms with E-state index in [1.165, 1.54) is 16.0 Å². The zero-order chi connectivity index (χ0) is 19.5. The Morgan fingerprint density at radius 1 is 1.11 bits per heavy atom. The second kappa shape index (κ2) is 7.74. The number of aromatic nitrogens is 3. The fraction of sp³-hybridized carbons (Fsp3) is 0.143. The second-order valence-electron chi connectivity index (χ2n) is 6.31. The molecule has 6 nitrogen and oxygen atoms in total. The highest BCUT2D eigenvalue weighted by atomic mass is 32.1. The largest absolute Gasteiger partial charge is 0.324 e. The van der Waals surface area contributed by atoms with Crippen LogP contribution in [0.15, 0.2) is 71.5 Å². The lowest BCUT2D eigenvalue weighted by Gasteiger charge is -2.15. The van der Waals surface area contributed by atoms with Crippen LogP contribution in [0.3, 0.4) is 0 Å². The van der Waals surface area contributed by atoms with E-state index in [-0.39, 0.29) is 11.5 Å². The molecule has 0 aliphatic carbocycles. The van der Waals surface area contributed by atoms with E-state index in [1.54, 1.807) is 12.1 Å². The number of hydrogen-bond donors (Lipinski definition) is 1. The van der Waals surface area contributed by atoms with Gasteiger partial charge < -0.3 is 5.32 Å². The highest BCUT2D eigenvalue weighted by Crippen LogP contribution is 2.30. The summed E-state index contributed by atoms with van der Waals surface area (Å²) < 4.78 is 1.18. The second-order valence-corrected chi connectivity index (χ2v) is 7.34. The molecule has 2 aromatic carbocycles. The monoisotopic (exact) mass is 390 g/mol. The summed E-state index contributed by atoms with van der Waals surface area (Å²) >= 11 is 1.42. The van der Waals surface area contributed by atoms with Crippen LogP contribution in [-0.4, -0.2) is 20.9 Å². The molecule has 4 aromatic rings. The molecule has 7 heteroatoms. The molecule has 0 saturated heterocycles. The molecule has 1 N–H and O–H groups in total. The van der Waals surface area contributed by atoms with Crippen LogP contribution in [0.1, 0.15) is 19.4 Å². The van der Waals surface area contributed by atoms with Gasteiger partial charge in [0.2, 0.25) is 5.91 Å². The van der Waals surface area contributed by atoms with Crippen LogP contribution in [0.5, 0.6) is 0 Å². The van der Waals surface area contributed by atoms with Gasteiger partial charge in [-0.25, -0.2) is 0 Å². The fourth-order valence-electron chi connectivity index (χ4n) is 3.03. The first-order chi connectivity index (χ1) is 13.7. The van der Waals surface area contributed by atoms with Crippen molar-refractivity contribution in [1.82, 2.24) is 15.0 Å². The van der Waals surface area contributed by atoms with E-state index in [1.807, 2.05) is 61.5 Å². The number of benzene rings is 2. The molecule has 4 rings (SSSR count). The number of nitrogens with zero attached hydrogens (tertiary/aromatic N) is 3. The Bertz CT molecular complexity index is 1170. The van der Waals surface area contributed by atoms with Gasteiger partial charge in [-0.1, -0.05) is 60.7 Å². The summed E-state index contributed by atoms with van der Waals surface area (Å²) in [5, 5.41) is 11.6. The third-order valence-electron chi connectivity index (χ3n) is 4.47. The summed E-state index contributed by atoms with van der Waals surface area (Å²) in [5.41, 5.74) is 1.39. The smallest absolute Gasteiger partial charge is 0.279 e. The number of hydrogen-bond acceptors (Lipinski definition) is 5. The number of nitrogens with one attached hydrogen (secondary N) is 1. The van der Waals surface area contributed by atoms with E-state index in [2.05, 4.69) is 15.6 Å². The average molecular weight is 390 g/mol. The van der Waals surface area contributed by atoms with Crippen molar-refractivity contribution >= 4 is 33.1 Å². The van der Waals surface area contributed by atoms with Gasteiger partial charge >= 0.3 is 0 Å². The van der Waals surface area contributed by atoms with E-state index in [9.17, 15) is 9.59 Å². The minimum Gasteiger partial charge on any atom is -0.324 e. The van der Waals surface area contributed by atoms with E-state index >= 15 is 0 Å². The molecule has 1 unspecified atom stereocenters. The molecule has 0 spiro atoms. The number of fused-ring (bicyclic) bond motifs is 1. The number of anilines is 1. The Labute approximate surface area is 165 Å². The summed E-state index contributed by atoms with van der Waals surface area (Å²) in [4.78, 5) is 27.3. The Kier molecular flexibility index (Phi) is 4.99. The number of carbonyl (C=O) groups is 1. The maximum atomic E-state index is 13.0. The molecule has 140 valence electrons. The number of rotatable bonds is 5. The maximum absolute atomic E-state index is 13.0. The van der Waals surface area contributed by atoms with Crippen LogP contribution < -0.4 is 10.9 Å². The van der Waals surface area contributed by atoms with Crippen molar-refractivity contribution in [1.29, 1.82) is 0 Å². The van der Waals surface area contributed by atoms with Crippen LogP contribution in [0.2, 0.25) is 0 Å². The minimum atomic E-state index is -0.732. The molecule has 0 bridgehead atoms. The van der Waals surface area contributed by atoms with Crippen molar-refractivity contribution in [3.8, 4) is 10.4 Å². The maximum Gasteiger partial charge on any atom is 0.279 e. The topological polar surface area (TPSA) is 76.9 Å². The van der Waals surface area contributed by atoms with Gasteiger partial charge in [0, 0.05) is 10.6 Å². The Morgan fingerprint density at radius 2 is 1.79 bits per heavy atom. The summed E-state index contributed by atoms with van der Waals surface area (Å²) in [6.07, 6.45) is 0.425. The summed E-state index contributed by atoms with van der Waals surface area (Å²) in [6.45, 7) is 1.84. The van der Waals surface area contributed by atoms with Crippen molar-refractivity contribution in [3.05, 3.63) is 77.1 Å². The van der Waals surface area contributed by atoms with E-state index in [0.717, 1.165) is 10.4 Å². The highest BCUT2D eigenvalue weighted by Gasteiger charge is 2.23. The Morgan fingerprint density at radius 3 is 2.46 bits per heavy atom. The number of amides is 1. The Hall–Kier alpha value is -3.32. The van der Waals surface area contributed by atoms with Gasteiger partial charge in [-0.3, -0.25) is 9.59 Å². The van der Waals surface area contributed by atoms with Crippen molar-refractivity contribution < 1.29 is 4.79 Å². The average Bonchev–Trinajstić information content (AvgIpc) is 3.17. The lowest BCUT2D eigenvalue weighted by molar-refractivity contribution is -0.119. The van der Waals surface area contributed by atoms with Crippen molar-refractivity contribution in [2.24, 2.45) is 0 Å². The Balaban J connectivity index is 1.70. The predicted molar refractivity (Wildman–Crippen MR) is 112 cm³/mol. The lowest BCUT2D eigenvalue weighted by Crippen LogP contribution is -2.35. The van der Waals surface area contributed by atoms with E-state index < -0.39 is 6.04 Å². The van der Waals surface area contributed by atoms with Crippen molar-refractivity contribution in [2.45, 2.75) is 19.4 Å². The van der Waals surface area contributed by atoms with Gasteiger partial charge in [-0.15, -0.1) is 16.4 Å². The molecule has 1 amide bonds. The number of thiophene rings is 1. The van der Waals surface area contributed by atoms with Crippen LogP contribution in [0, 0.1) is 0 Å². The van der Waals surface area contributed by atoms with Crippen molar-refractivity contribution in [2.75, 3.05) is 5.32 Å². The fourth-order valence-corrected chi connectivity index (χ4v) is 4.00. The normalized spacial score (nSPS) is 12.0. The first kappa shape index (κ1) is 18.1. The van der Waals surface area contributed by atoms with Crippen molar-refractivity contribution in [3.63, 3.8) is 0 Å².